The summed E-state index contributed by atoms with van der Waals surface area (Å²) in [6.07, 6.45) is 4.67. The van der Waals surface area contributed by atoms with Crippen LogP contribution < -0.4 is 9.57 Å². The number of rotatable bonds is 5. The van der Waals surface area contributed by atoms with Crippen molar-refractivity contribution in [3.8, 4) is 11.5 Å². The Labute approximate surface area is 98.5 Å². The molecule has 0 amide bonds. The summed E-state index contributed by atoms with van der Waals surface area (Å²) in [4.78, 5) is 9.03. The maximum Gasteiger partial charge on any atom is 0.199 e. The fourth-order valence-corrected chi connectivity index (χ4v) is 1.23. The summed E-state index contributed by atoms with van der Waals surface area (Å²) in [6.45, 7) is 0.509. The van der Waals surface area contributed by atoms with E-state index >= 15 is 0 Å². The van der Waals surface area contributed by atoms with Crippen molar-refractivity contribution in [3.05, 3.63) is 36.9 Å². The topological polar surface area (TPSA) is 61.5 Å². The Kier molecular flexibility index (Phi) is 3.69. The monoisotopic (exact) mass is 232 g/mol. The molecule has 1 aromatic heterocycles. The van der Waals surface area contributed by atoms with E-state index < -0.39 is 0 Å². The molecule has 0 aliphatic carbocycles. The zero-order valence-electron chi connectivity index (χ0n) is 9.35. The van der Waals surface area contributed by atoms with E-state index in [4.69, 9.17) is 9.57 Å². The average molecular weight is 232 g/mol. The Morgan fingerprint density at radius 3 is 2.88 bits per heavy atom. The number of methoxy groups -OCH3 is 1. The third-order valence-corrected chi connectivity index (χ3v) is 2.03. The lowest BCUT2D eigenvalue weighted by molar-refractivity contribution is 0.311. The van der Waals surface area contributed by atoms with E-state index in [1.807, 2.05) is 18.2 Å². The SMILES string of the molecule is COc1ccccc1O/N=C/Cn1cncn1. The van der Waals surface area contributed by atoms with Gasteiger partial charge in [0.1, 0.15) is 12.7 Å². The number of aromatic nitrogens is 3. The highest BCUT2D eigenvalue weighted by atomic mass is 16.6. The van der Waals surface area contributed by atoms with E-state index in [1.165, 1.54) is 6.33 Å². The van der Waals surface area contributed by atoms with Gasteiger partial charge in [-0.05, 0) is 12.1 Å². The molecule has 0 saturated heterocycles. The highest BCUT2D eigenvalue weighted by Crippen LogP contribution is 2.25. The van der Waals surface area contributed by atoms with Gasteiger partial charge in [-0.15, -0.1) is 0 Å². The molecule has 1 aromatic carbocycles. The van der Waals surface area contributed by atoms with Gasteiger partial charge in [0.15, 0.2) is 11.5 Å². The molecule has 0 atom stereocenters. The van der Waals surface area contributed by atoms with Gasteiger partial charge < -0.3 is 9.57 Å². The second kappa shape index (κ2) is 5.64. The van der Waals surface area contributed by atoms with Crippen LogP contribution in [0.3, 0.4) is 0 Å². The number of nitrogens with zero attached hydrogens (tertiary/aromatic N) is 4. The fraction of sp³-hybridized carbons (Fsp3) is 0.182. The maximum absolute atomic E-state index is 5.21. The van der Waals surface area contributed by atoms with Crippen LogP contribution in [-0.2, 0) is 6.54 Å². The van der Waals surface area contributed by atoms with Gasteiger partial charge in [0.2, 0.25) is 0 Å². The molecule has 0 spiro atoms. The van der Waals surface area contributed by atoms with Crippen molar-refractivity contribution in [1.29, 1.82) is 0 Å². The van der Waals surface area contributed by atoms with E-state index in [0.717, 1.165) is 0 Å². The van der Waals surface area contributed by atoms with Crippen LogP contribution in [0.1, 0.15) is 0 Å². The Morgan fingerprint density at radius 2 is 2.18 bits per heavy atom. The molecule has 2 aromatic rings. The first-order chi connectivity index (χ1) is 8.40. The Hall–Kier alpha value is -2.37. The van der Waals surface area contributed by atoms with Crippen LogP contribution in [0.4, 0.5) is 0 Å². The lowest BCUT2D eigenvalue weighted by Gasteiger charge is -2.04. The molecule has 0 fully saturated rings. The molecule has 0 bridgehead atoms. The Morgan fingerprint density at radius 1 is 1.35 bits per heavy atom. The van der Waals surface area contributed by atoms with Crippen molar-refractivity contribution in [3.63, 3.8) is 0 Å². The smallest absolute Gasteiger partial charge is 0.199 e. The van der Waals surface area contributed by atoms with Crippen molar-refractivity contribution in [2.75, 3.05) is 7.11 Å². The van der Waals surface area contributed by atoms with Crippen LogP contribution in [0.2, 0.25) is 0 Å². The highest BCUT2D eigenvalue weighted by Gasteiger charge is 2.00. The predicted molar refractivity (Wildman–Crippen MR) is 62.1 cm³/mol. The minimum atomic E-state index is 0.509. The van der Waals surface area contributed by atoms with E-state index in [-0.39, 0.29) is 0 Å². The summed E-state index contributed by atoms with van der Waals surface area (Å²) in [6, 6.07) is 7.31. The molecule has 0 aliphatic rings. The number of hydrogen-bond donors (Lipinski definition) is 0. The van der Waals surface area contributed by atoms with E-state index in [9.17, 15) is 0 Å². The molecule has 0 saturated carbocycles. The number of para-hydroxylation sites is 2. The van der Waals surface area contributed by atoms with Crippen molar-refractivity contribution < 1.29 is 9.57 Å². The Bertz CT molecular complexity index is 482. The van der Waals surface area contributed by atoms with Crippen molar-refractivity contribution in [2.24, 2.45) is 5.16 Å². The van der Waals surface area contributed by atoms with Crippen LogP contribution in [0, 0.1) is 0 Å². The van der Waals surface area contributed by atoms with E-state index in [2.05, 4.69) is 15.2 Å². The Balaban J connectivity index is 1.91. The van der Waals surface area contributed by atoms with Gasteiger partial charge in [-0.2, -0.15) is 5.10 Å². The molecule has 88 valence electrons. The normalized spacial score (nSPS) is 10.6. The fourth-order valence-electron chi connectivity index (χ4n) is 1.23. The van der Waals surface area contributed by atoms with Crippen LogP contribution in [0.5, 0.6) is 11.5 Å². The average Bonchev–Trinajstić information content (AvgIpc) is 2.88. The first kappa shape index (κ1) is 11.1. The van der Waals surface area contributed by atoms with Crippen molar-refractivity contribution >= 4 is 6.21 Å². The maximum atomic E-state index is 5.21. The largest absolute Gasteiger partial charge is 0.493 e. The second-order valence-electron chi connectivity index (χ2n) is 3.15. The summed E-state index contributed by atoms with van der Waals surface area (Å²) < 4.78 is 6.76. The van der Waals surface area contributed by atoms with Gasteiger partial charge in [-0.3, -0.25) is 0 Å². The van der Waals surface area contributed by atoms with Gasteiger partial charge >= 0.3 is 0 Å². The minimum absolute atomic E-state index is 0.509. The quantitative estimate of drug-likeness (QED) is 0.576. The third kappa shape index (κ3) is 3.04. The molecular formula is C11H12N4O2. The lowest BCUT2D eigenvalue weighted by Crippen LogP contribution is -2.00. The molecule has 0 aliphatic heterocycles. The van der Waals surface area contributed by atoms with Crippen LogP contribution >= 0.6 is 0 Å². The number of benzene rings is 1. The minimum Gasteiger partial charge on any atom is -0.493 e. The number of hydrogen-bond acceptors (Lipinski definition) is 5. The molecule has 6 heteroatoms. The molecule has 6 nitrogen and oxygen atoms in total. The molecule has 0 unspecified atom stereocenters. The summed E-state index contributed by atoms with van der Waals surface area (Å²) in [7, 11) is 1.58. The van der Waals surface area contributed by atoms with Crippen LogP contribution in [-0.4, -0.2) is 28.1 Å². The lowest BCUT2D eigenvalue weighted by atomic mass is 10.3. The first-order valence-corrected chi connectivity index (χ1v) is 5.04. The summed E-state index contributed by atoms with van der Waals surface area (Å²) in [5.41, 5.74) is 0. The molecular weight excluding hydrogens is 220 g/mol. The van der Waals surface area contributed by atoms with Gasteiger partial charge in [-0.1, -0.05) is 17.3 Å². The molecule has 1 heterocycles. The number of oxime groups is 1. The molecule has 2 rings (SSSR count). The van der Waals surface area contributed by atoms with Crippen LogP contribution in [0.25, 0.3) is 0 Å². The van der Waals surface area contributed by atoms with Crippen LogP contribution in [0.15, 0.2) is 42.1 Å². The second-order valence-corrected chi connectivity index (χ2v) is 3.15. The van der Waals surface area contributed by atoms with Crippen molar-refractivity contribution in [2.45, 2.75) is 6.54 Å². The molecule has 0 N–H and O–H groups in total. The van der Waals surface area contributed by atoms with Crippen molar-refractivity contribution in [1.82, 2.24) is 14.8 Å². The number of ether oxygens (including phenoxy) is 1. The van der Waals surface area contributed by atoms with Gasteiger partial charge in [0.05, 0.1) is 19.9 Å². The van der Waals surface area contributed by atoms with Gasteiger partial charge in [0, 0.05) is 0 Å². The van der Waals surface area contributed by atoms with Gasteiger partial charge in [0.25, 0.3) is 0 Å². The first-order valence-electron chi connectivity index (χ1n) is 5.04. The summed E-state index contributed by atoms with van der Waals surface area (Å²) >= 11 is 0. The van der Waals surface area contributed by atoms with E-state index in [0.29, 0.717) is 18.0 Å². The predicted octanol–water partition coefficient (Wildman–Crippen LogP) is 1.35. The molecule has 0 radical (unpaired) electrons. The summed E-state index contributed by atoms with van der Waals surface area (Å²) in [5.74, 6) is 1.22. The zero-order chi connectivity index (χ0) is 11.9. The standard InChI is InChI=1S/C11H12N4O2/c1-16-10-4-2-3-5-11(10)17-14-6-7-15-9-12-8-13-15/h2-6,8-9H,7H2,1H3/b14-6+. The van der Waals surface area contributed by atoms with Gasteiger partial charge in [-0.25, -0.2) is 9.67 Å². The molecule has 17 heavy (non-hydrogen) atoms. The third-order valence-electron chi connectivity index (χ3n) is 2.03. The summed E-state index contributed by atoms with van der Waals surface area (Å²) in [5, 5.41) is 7.76. The zero-order valence-corrected chi connectivity index (χ0v) is 9.35. The highest BCUT2D eigenvalue weighted by molar-refractivity contribution is 5.56. The van der Waals surface area contributed by atoms with E-state index in [1.54, 1.807) is 30.4 Å².